The number of hydrogen-bond acceptors (Lipinski definition) is 3. The molecular formula is C20H30O3. The van der Waals surface area contributed by atoms with Crippen LogP contribution in [0.3, 0.4) is 0 Å². The maximum absolute atomic E-state index is 11.2. The molecule has 1 spiro atoms. The highest BCUT2D eigenvalue weighted by Crippen LogP contribution is 2.66. The number of fused-ring (bicyclic) bond motifs is 1. The maximum atomic E-state index is 11.2. The summed E-state index contributed by atoms with van der Waals surface area (Å²) < 4.78 is 5.97. The third-order valence-corrected chi connectivity index (χ3v) is 7.16. The van der Waals surface area contributed by atoms with Gasteiger partial charge in [0.25, 0.3) is 0 Å². The summed E-state index contributed by atoms with van der Waals surface area (Å²) in [5.41, 5.74) is 1.34. The summed E-state index contributed by atoms with van der Waals surface area (Å²) in [6.07, 6.45) is 11.0. The summed E-state index contributed by atoms with van der Waals surface area (Å²) in [6.45, 7) is 8.19. The first-order valence-electron chi connectivity index (χ1n) is 9.10. The molecule has 3 rings (SSSR count). The van der Waals surface area contributed by atoms with E-state index in [0.717, 1.165) is 37.9 Å². The second-order valence-electron chi connectivity index (χ2n) is 8.85. The SMILES string of the molecule is CC1(C)CCCC2(C)C1CCC1(CO1)C2C/C=C(/C=O)CC=O. The molecule has 3 heteroatoms. The molecule has 2 saturated carbocycles. The van der Waals surface area contributed by atoms with E-state index in [9.17, 15) is 9.59 Å². The highest BCUT2D eigenvalue weighted by Gasteiger charge is 2.64. The normalized spacial score (nSPS) is 42.1. The van der Waals surface area contributed by atoms with Crippen LogP contribution in [-0.4, -0.2) is 24.8 Å². The van der Waals surface area contributed by atoms with E-state index in [0.29, 0.717) is 16.9 Å². The van der Waals surface area contributed by atoms with Gasteiger partial charge in [0, 0.05) is 6.42 Å². The maximum Gasteiger partial charge on any atom is 0.146 e. The summed E-state index contributed by atoms with van der Waals surface area (Å²) >= 11 is 0. The van der Waals surface area contributed by atoms with Crippen LogP contribution in [0.2, 0.25) is 0 Å². The molecule has 0 aromatic carbocycles. The van der Waals surface area contributed by atoms with Crippen LogP contribution in [0.1, 0.15) is 65.7 Å². The largest absolute Gasteiger partial charge is 0.369 e. The standard InChI is InChI=1S/C20H30O3/c1-18(2)9-4-10-19(3)16(18)7-11-20(14-23-20)17(19)6-5-15(13-22)8-12-21/h5,12-13,16-17H,4,6-11,14H2,1-3H3/b15-5+. The lowest BCUT2D eigenvalue weighted by Crippen LogP contribution is -2.54. The van der Waals surface area contributed by atoms with E-state index in [4.69, 9.17) is 4.74 Å². The number of allylic oxidation sites excluding steroid dienone is 2. The minimum atomic E-state index is 0.0460. The van der Waals surface area contributed by atoms with E-state index in [1.165, 1.54) is 25.7 Å². The van der Waals surface area contributed by atoms with Gasteiger partial charge in [-0.25, -0.2) is 0 Å². The first kappa shape index (κ1) is 16.9. The average molecular weight is 318 g/mol. The van der Waals surface area contributed by atoms with Crippen molar-refractivity contribution in [3.05, 3.63) is 11.6 Å². The van der Waals surface area contributed by atoms with Crippen molar-refractivity contribution in [3.63, 3.8) is 0 Å². The third kappa shape index (κ3) is 2.82. The predicted molar refractivity (Wildman–Crippen MR) is 90.1 cm³/mol. The van der Waals surface area contributed by atoms with Gasteiger partial charge in [0.15, 0.2) is 0 Å². The van der Waals surface area contributed by atoms with E-state index >= 15 is 0 Å². The zero-order chi connectivity index (χ0) is 16.7. The Bertz CT molecular complexity index is 515. The molecule has 1 heterocycles. The Labute approximate surface area is 139 Å². The lowest BCUT2D eigenvalue weighted by atomic mass is 9.46. The fraction of sp³-hybridized carbons (Fsp3) is 0.800. The molecule has 0 radical (unpaired) electrons. The second-order valence-corrected chi connectivity index (χ2v) is 8.85. The minimum Gasteiger partial charge on any atom is -0.369 e. The Hall–Kier alpha value is -0.960. The van der Waals surface area contributed by atoms with Crippen molar-refractivity contribution in [1.29, 1.82) is 0 Å². The van der Waals surface area contributed by atoms with E-state index in [-0.39, 0.29) is 17.4 Å². The van der Waals surface area contributed by atoms with E-state index < -0.39 is 0 Å². The fourth-order valence-electron chi connectivity index (χ4n) is 5.93. The number of ether oxygens (including phenoxy) is 1. The molecule has 0 aromatic rings. The molecule has 4 unspecified atom stereocenters. The lowest BCUT2D eigenvalue weighted by molar-refractivity contribution is -0.109. The molecule has 0 aromatic heterocycles. The molecular weight excluding hydrogens is 288 g/mol. The molecule has 3 nitrogen and oxygen atoms in total. The topological polar surface area (TPSA) is 46.7 Å². The van der Waals surface area contributed by atoms with Crippen molar-refractivity contribution in [2.45, 2.75) is 71.3 Å². The number of epoxide rings is 1. The highest BCUT2D eigenvalue weighted by molar-refractivity contribution is 5.78. The molecule has 0 N–H and O–H groups in total. The molecule has 3 aliphatic rings. The summed E-state index contributed by atoms with van der Waals surface area (Å²) in [7, 11) is 0. The van der Waals surface area contributed by atoms with Crippen LogP contribution in [0.5, 0.6) is 0 Å². The van der Waals surface area contributed by atoms with Gasteiger partial charge in [-0.3, -0.25) is 4.79 Å². The smallest absolute Gasteiger partial charge is 0.146 e. The molecule has 0 bridgehead atoms. The van der Waals surface area contributed by atoms with Gasteiger partial charge in [-0.05, 0) is 60.3 Å². The van der Waals surface area contributed by atoms with Crippen LogP contribution in [-0.2, 0) is 14.3 Å². The Balaban J connectivity index is 1.88. The molecule has 3 fully saturated rings. The summed E-state index contributed by atoms with van der Waals surface area (Å²) in [4.78, 5) is 21.9. The van der Waals surface area contributed by atoms with Crippen molar-refractivity contribution in [2.75, 3.05) is 6.61 Å². The van der Waals surface area contributed by atoms with Crippen LogP contribution in [0, 0.1) is 22.7 Å². The van der Waals surface area contributed by atoms with E-state index in [2.05, 4.69) is 20.8 Å². The van der Waals surface area contributed by atoms with Crippen LogP contribution < -0.4 is 0 Å². The summed E-state index contributed by atoms with van der Waals surface area (Å²) in [6, 6.07) is 0. The monoisotopic (exact) mass is 318 g/mol. The Kier molecular flexibility index (Phi) is 4.29. The van der Waals surface area contributed by atoms with Crippen molar-refractivity contribution in [3.8, 4) is 0 Å². The second kappa shape index (κ2) is 5.84. The Morgan fingerprint density at radius 3 is 2.52 bits per heavy atom. The van der Waals surface area contributed by atoms with Crippen LogP contribution in [0.15, 0.2) is 11.6 Å². The predicted octanol–water partition coefficient (Wildman–Crippen LogP) is 4.10. The number of carbonyl (C=O) groups is 2. The number of aldehydes is 2. The van der Waals surface area contributed by atoms with Crippen LogP contribution in [0.25, 0.3) is 0 Å². The van der Waals surface area contributed by atoms with E-state index in [1.54, 1.807) is 0 Å². The van der Waals surface area contributed by atoms with E-state index in [1.807, 2.05) is 6.08 Å². The molecule has 1 saturated heterocycles. The van der Waals surface area contributed by atoms with Gasteiger partial charge in [0.05, 0.1) is 12.2 Å². The van der Waals surface area contributed by atoms with Crippen molar-refractivity contribution in [2.24, 2.45) is 22.7 Å². The van der Waals surface area contributed by atoms with Crippen molar-refractivity contribution in [1.82, 2.24) is 0 Å². The molecule has 0 amide bonds. The Morgan fingerprint density at radius 2 is 1.91 bits per heavy atom. The fourth-order valence-corrected chi connectivity index (χ4v) is 5.93. The molecule has 128 valence electrons. The van der Waals surface area contributed by atoms with Crippen molar-refractivity contribution < 1.29 is 14.3 Å². The Morgan fingerprint density at radius 1 is 1.17 bits per heavy atom. The minimum absolute atomic E-state index is 0.0460. The van der Waals surface area contributed by atoms with Crippen LogP contribution in [0.4, 0.5) is 0 Å². The molecule has 1 aliphatic heterocycles. The van der Waals surface area contributed by atoms with Crippen molar-refractivity contribution >= 4 is 12.6 Å². The highest BCUT2D eigenvalue weighted by atomic mass is 16.6. The van der Waals surface area contributed by atoms with Gasteiger partial charge >= 0.3 is 0 Å². The van der Waals surface area contributed by atoms with Gasteiger partial charge in [0.1, 0.15) is 12.6 Å². The number of rotatable bonds is 5. The van der Waals surface area contributed by atoms with Crippen LogP contribution >= 0.6 is 0 Å². The molecule has 4 atom stereocenters. The van der Waals surface area contributed by atoms with Gasteiger partial charge < -0.3 is 9.53 Å². The average Bonchev–Trinajstić information content (AvgIpc) is 3.24. The first-order valence-corrected chi connectivity index (χ1v) is 9.10. The zero-order valence-electron chi connectivity index (χ0n) is 14.8. The summed E-state index contributed by atoms with van der Waals surface area (Å²) in [5, 5.41) is 0. The quantitative estimate of drug-likeness (QED) is 0.435. The third-order valence-electron chi connectivity index (χ3n) is 7.16. The van der Waals surface area contributed by atoms with Gasteiger partial charge in [-0.2, -0.15) is 0 Å². The molecule has 2 aliphatic carbocycles. The molecule has 23 heavy (non-hydrogen) atoms. The van der Waals surface area contributed by atoms with Gasteiger partial charge in [-0.15, -0.1) is 0 Å². The van der Waals surface area contributed by atoms with Gasteiger partial charge in [-0.1, -0.05) is 33.3 Å². The summed E-state index contributed by atoms with van der Waals surface area (Å²) in [5.74, 6) is 1.19. The number of hydrogen-bond donors (Lipinski definition) is 0. The first-order chi connectivity index (χ1) is 10.9. The lowest BCUT2D eigenvalue weighted by Gasteiger charge is -2.59. The number of carbonyl (C=O) groups excluding carboxylic acids is 2. The van der Waals surface area contributed by atoms with Gasteiger partial charge in [0.2, 0.25) is 0 Å². The zero-order valence-corrected chi connectivity index (χ0v) is 14.8.